The van der Waals surface area contributed by atoms with Crippen LogP contribution >= 0.6 is 0 Å². The first kappa shape index (κ1) is 18.4. The van der Waals surface area contributed by atoms with Gasteiger partial charge in [-0.05, 0) is 31.9 Å². The van der Waals surface area contributed by atoms with E-state index in [-0.39, 0.29) is 24.3 Å². The average molecular weight is 356 g/mol. The number of likely N-dealkylation sites (N-methyl/N-ethyl adjacent to an activating group) is 1. The van der Waals surface area contributed by atoms with Gasteiger partial charge in [-0.25, -0.2) is 4.98 Å². The topological polar surface area (TPSA) is 76.0 Å². The smallest absolute Gasteiger partial charge is 0.239 e. The third-order valence-corrected chi connectivity index (χ3v) is 5.03. The van der Waals surface area contributed by atoms with Crippen LogP contribution in [0.1, 0.15) is 44.9 Å². The summed E-state index contributed by atoms with van der Waals surface area (Å²) in [5, 5.41) is 5.89. The Balaban J connectivity index is 1.66. The van der Waals surface area contributed by atoms with Crippen LogP contribution in [-0.4, -0.2) is 34.5 Å². The second-order valence-corrected chi connectivity index (χ2v) is 6.93. The van der Waals surface area contributed by atoms with Crippen LogP contribution in [0.25, 0.3) is 11.0 Å². The van der Waals surface area contributed by atoms with E-state index in [1.54, 1.807) is 0 Å². The van der Waals surface area contributed by atoms with Crippen LogP contribution in [-0.2, 0) is 22.6 Å². The van der Waals surface area contributed by atoms with Crippen molar-refractivity contribution >= 4 is 22.8 Å². The highest BCUT2D eigenvalue weighted by Gasteiger charge is 2.21. The molecule has 6 heteroatoms. The number of nitrogens with one attached hydrogen (secondary N) is 2. The molecule has 1 aliphatic carbocycles. The summed E-state index contributed by atoms with van der Waals surface area (Å²) in [6.07, 6.45) is 6.17. The van der Waals surface area contributed by atoms with Crippen molar-refractivity contribution in [1.29, 1.82) is 0 Å². The standard InChI is InChI=1S/C20H28N4O2/c1-2-21-19(25)14-24-17-11-7-6-10-16(17)23-18(24)12-13-22-20(26)15-8-4-3-5-9-15/h6-7,10-11,15H,2-5,8-9,12-14H2,1H3,(H,21,25)(H,22,26). The zero-order valence-corrected chi connectivity index (χ0v) is 15.5. The van der Waals surface area contributed by atoms with E-state index in [1.165, 1.54) is 6.42 Å². The molecule has 2 aromatic rings. The van der Waals surface area contributed by atoms with E-state index in [1.807, 2.05) is 35.8 Å². The van der Waals surface area contributed by atoms with Gasteiger partial charge >= 0.3 is 0 Å². The molecule has 3 rings (SSSR count). The van der Waals surface area contributed by atoms with E-state index in [0.717, 1.165) is 42.5 Å². The number of nitrogens with zero attached hydrogens (tertiary/aromatic N) is 2. The van der Waals surface area contributed by atoms with E-state index in [4.69, 9.17) is 0 Å². The summed E-state index contributed by atoms with van der Waals surface area (Å²) in [4.78, 5) is 29.0. The van der Waals surface area contributed by atoms with Crippen molar-refractivity contribution in [2.75, 3.05) is 13.1 Å². The summed E-state index contributed by atoms with van der Waals surface area (Å²) < 4.78 is 1.95. The van der Waals surface area contributed by atoms with Gasteiger partial charge in [0.05, 0.1) is 11.0 Å². The lowest BCUT2D eigenvalue weighted by Gasteiger charge is -2.20. The number of amides is 2. The average Bonchev–Trinajstić information content (AvgIpc) is 3.00. The van der Waals surface area contributed by atoms with Crippen LogP contribution in [0.4, 0.5) is 0 Å². The number of hydrogen-bond donors (Lipinski definition) is 2. The molecule has 6 nitrogen and oxygen atoms in total. The Morgan fingerprint density at radius 1 is 1.15 bits per heavy atom. The monoisotopic (exact) mass is 356 g/mol. The summed E-state index contributed by atoms with van der Waals surface area (Å²) in [6, 6.07) is 7.83. The van der Waals surface area contributed by atoms with Crippen molar-refractivity contribution in [2.24, 2.45) is 5.92 Å². The minimum atomic E-state index is -0.0249. The summed E-state index contributed by atoms with van der Waals surface area (Å²) in [6.45, 7) is 3.32. The molecular formula is C20H28N4O2. The minimum Gasteiger partial charge on any atom is -0.355 e. The number of aromatic nitrogens is 2. The Bertz CT molecular complexity index is 762. The second kappa shape index (κ2) is 8.83. The summed E-state index contributed by atoms with van der Waals surface area (Å²) in [5.74, 6) is 1.14. The van der Waals surface area contributed by atoms with Crippen molar-refractivity contribution in [1.82, 2.24) is 20.2 Å². The SMILES string of the molecule is CCNC(=O)Cn1c(CCNC(=O)C2CCCCC2)nc2ccccc21. The molecule has 2 amide bonds. The van der Waals surface area contributed by atoms with E-state index < -0.39 is 0 Å². The molecule has 2 N–H and O–H groups in total. The Kier molecular flexibility index (Phi) is 6.26. The molecule has 1 fully saturated rings. The van der Waals surface area contributed by atoms with Crippen molar-refractivity contribution in [3.63, 3.8) is 0 Å². The maximum Gasteiger partial charge on any atom is 0.239 e. The predicted octanol–water partition coefficient (Wildman–Crippen LogP) is 2.41. The lowest BCUT2D eigenvalue weighted by Crippen LogP contribution is -2.34. The van der Waals surface area contributed by atoms with Gasteiger partial charge in [-0.1, -0.05) is 31.4 Å². The number of imidazole rings is 1. The van der Waals surface area contributed by atoms with Gasteiger partial charge in [0.1, 0.15) is 12.4 Å². The fraction of sp³-hybridized carbons (Fsp3) is 0.550. The fourth-order valence-corrected chi connectivity index (χ4v) is 3.70. The van der Waals surface area contributed by atoms with Gasteiger partial charge in [0.2, 0.25) is 11.8 Å². The van der Waals surface area contributed by atoms with Gasteiger partial charge in [0.25, 0.3) is 0 Å². The molecule has 26 heavy (non-hydrogen) atoms. The summed E-state index contributed by atoms with van der Waals surface area (Å²) >= 11 is 0. The van der Waals surface area contributed by atoms with E-state index in [2.05, 4.69) is 15.6 Å². The fourth-order valence-electron chi connectivity index (χ4n) is 3.70. The molecule has 1 aromatic heterocycles. The normalized spacial score (nSPS) is 15.1. The highest BCUT2D eigenvalue weighted by molar-refractivity contribution is 5.81. The maximum atomic E-state index is 12.3. The van der Waals surface area contributed by atoms with Crippen molar-refractivity contribution in [3.05, 3.63) is 30.1 Å². The van der Waals surface area contributed by atoms with Crippen LogP contribution in [0.15, 0.2) is 24.3 Å². The Morgan fingerprint density at radius 3 is 2.69 bits per heavy atom. The van der Waals surface area contributed by atoms with Crippen molar-refractivity contribution < 1.29 is 9.59 Å². The highest BCUT2D eigenvalue weighted by atomic mass is 16.2. The first-order valence-electron chi connectivity index (χ1n) is 9.67. The van der Waals surface area contributed by atoms with Gasteiger partial charge in [-0.15, -0.1) is 0 Å². The van der Waals surface area contributed by atoms with Crippen LogP contribution in [0.3, 0.4) is 0 Å². The lowest BCUT2D eigenvalue weighted by atomic mass is 9.89. The van der Waals surface area contributed by atoms with Gasteiger partial charge in [-0.2, -0.15) is 0 Å². The molecule has 1 aliphatic rings. The Morgan fingerprint density at radius 2 is 1.92 bits per heavy atom. The predicted molar refractivity (Wildman–Crippen MR) is 102 cm³/mol. The minimum absolute atomic E-state index is 0.0249. The maximum absolute atomic E-state index is 12.3. The first-order valence-corrected chi connectivity index (χ1v) is 9.67. The number of benzene rings is 1. The molecule has 0 atom stereocenters. The largest absolute Gasteiger partial charge is 0.355 e. The van der Waals surface area contributed by atoms with E-state index in [0.29, 0.717) is 19.5 Å². The second-order valence-electron chi connectivity index (χ2n) is 6.93. The van der Waals surface area contributed by atoms with E-state index in [9.17, 15) is 9.59 Å². The Labute approximate surface area is 154 Å². The summed E-state index contributed by atoms with van der Waals surface area (Å²) in [7, 11) is 0. The van der Waals surface area contributed by atoms with Crippen molar-refractivity contribution in [3.8, 4) is 0 Å². The van der Waals surface area contributed by atoms with E-state index >= 15 is 0 Å². The number of hydrogen-bond acceptors (Lipinski definition) is 3. The number of rotatable bonds is 7. The molecule has 0 bridgehead atoms. The van der Waals surface area contributed by atoms with Crippen LogP contribution in [0.2, 0.25) is 0 Å². The van der Waals surface area contributed by atoms with Gasteiger partial charge < -0.3 is 15.2 Å². The quantitative estimate of drug-likeness (QED) is 0.800. The summed E-state index contributed by atoms with van der Waals surface area (Å²) in [5.41, 5.74) is 1.83. The molecule has 0 spiro atoms. The molecule has 0 saturated heterocycles. The number of fused-ring (bicyclic) bond motifs is 1. The number of carbonyl (C=O) groups excluding carboxylic acids is 2. The van der Waals surface area contributed by atoms with Crippen molar-refractivity contribution in [2.45, 2.75) is 52.0 Å². The molecule has 1 saturated carbocycles. The highest BCUT2D eigenvalue weighted by Crippen LogP contribution is 2.23. The third kappa shape index (κ3) is 4.42. The zero-order chi connectivity index (χ0) is 18.4. The first-order chi connectivity index (χ1) is 12.7. The van der Waals surface area contributed by atoms with Gasteiger partial charge in [0, 0.05) is 25.4 Å². The van der Waals surface area contributed by atoms with Crippen LogP contribution in [0, 0.1) is 5.92 Å². The molecule has 1 heterocycles. The third-order valence-electron chi connectivity index (χ3n) is 5.03. The molecular weight excluding hydrogens is 328 g/mol. The Hall–Kier alpha value is -2.37. The lowest BCUT2D eigenvalue weighted by molar-refractivity contribution is -0.126. The molecule has 0 radical (unpaired) electrons. The number of carbonyl (C=O) groups is 2. The molecule has 140 valence electrons. The van der Waals surface area contributed by atoms with Gasteiger partial charge in [-0.3, -0.25) is 9.59 Å². The van der Waals surface area contributed by atoms with Crippen LogP contribution in [0.5, 0.6) is 0 Å². The van der Waals surface area contributed by atoms with Gasteiger partial charge in [0.15, 0.2) is 0 Å². The van der Waals surface area contributed by atoms with Crippen LogP contribution < -0.4 is 10.6 Å². The molecule has 0 unspecified atom stereocenters. The zero-order valence-electron chi connectivity index (χ0n) is 15.5. The molecule has 1 aromatic carbocycles. The number of para-hydroxylation sites is 2. The molecule has 0 aliphatic heterocycles.